The van der Waals surface area contributed by atoms with Crippen LogP contribution < -0.4 is 5.32 Å². The maximum absolute atomic E-state index is 11.6. The molecule has 6 heteroatoms. The highest BCUT2D eigenvalue weighted by Gasteiger charge is 2.11. The number of halogens is 1. The van der Waals surface area contributed by atoms with Crippen molar-refractivity contribution in [2.24, 2.45) is 0 Å². The molecular weight excluding hydrogens is 230 g/mol. The molecule has 0 radical (unpaired) electrons. The third-order valence-electron chi connectivity index (χ3n) is 1.84. The Morgan fingerprint density at radius 2 is 2.31 bits per heavy atom. The van der Waals surface area contributed by atoms with Gasteiger partial charge in [0.1, 0.15) is 5.15 Å². The molecule has 5 nitrogen and oxygen atoms in total. The van der Waals surface area contributed by atoms with Gasteiger partial charge in [-0.1, -0.05) is 16.8 Å². The number of anilines is 1. The van der Waals surface area contributed by atoms with Crippen LogP contribution in [0.1, 0.15) is 16.2 Å². The van der Waals surface area contributed by atoms with E-state index >= 15 is 0 Å². The fourth-order valence-electron chi connectivity index (χ4n) is 1.14. The molecule has 1 N–H and O–H groups in total. The minimum Gasteiger partial charge on any atom is -0.351 e. The molecule has 82 valence electrons. The van der Waals surface area contributed by atoms with Gasteiger partial charge in [-0.25, -0.2) is 4.98 Å². The first-order valence-electron chi connectivity index (χ1n) is 4.51. The van der Waals surface area contributed by atoms with Crippen molar-refractivity contribution < 1.29 is 9.32 Å². The number of rotatable bonds is 2. The number of nitrogens with one attached hydrogen (secondary N) is 1. The molecule has 2 aromatic rings. The van der Waals surface area contributed by atoms with Crippen LogP contribution in [0, 0.1) is 6.92 Å². The molecule has 0 aliphatic carbocycles. The predicted molar refractivity (Wildman–Crippen MR) is 58.4 cm³/mol. The molecule has 0 bridgehead atoms. The third kappa shape index (κ3) is 2.38. The summed E-state index contributed by atoms with van der Waals surface area (Å²) < 4.78 is 4.82. The summed E-state index contributed by atoms with van der Waals surface area (Å²) in [5.41, 5.74) is 1.21. The second-order valence-electron chi connectivity index (χ2n) is 3.15. The average molecular weight is 238 g/mol. The van der Waals surface area contributed by atoms with E-state index in [1.54, 1.807) is 25.1 Å². The zero-order chi connectivity index (χ0) is 11.5. The summed E-state index contributed by atoms with van der Waals surface area (Å²) in [5.74, 6) is -0.215. The molecule has 0 aliphatic heterocycles. The number of hydrogen-bond acceptors (Lipinski definition) is 4. The number of hydrogen-bond donors (Lipinski definition) is 1. The van der Waals surface area contributed by atoms with Crippen molar-refractivity contribution in [1.82, 2.24) is 10.1 Å². The van der Waals surface area contributed by atoms with Gasteiger partial charge in [-0.2, -0.15) is 0 Å². The Labute approximate surface area is 96.4 Å². The Morgan fingerprint density at radius 1 is 1.50 bits per heavy atom. The van der Waals surface area contributed by atoms with E-state index in [1.807, 2.05) is 0 Å². The molecule has 2 heterocycles. The topological polar surface area (TPSA) is 68.0 Å². The Morgan fingerprint density at radius 3 is 2.94 bits per heavy atom. The van der Waals surface area contributed by atoms with Crippen LogP contribution in [0.25, 0.3) is 0 Å². The van der Waals surface area contributed by atoms with Crippen molar-refractivity contribution in [3.05, 3.63) is 41.0 Å². The summed E-state index contributed by atoms with van der Waals surface area (Å²) in [6, 6.07) is 4.73. The molecule has 0 saturated heterocycles. The van der Waals surface area contributed by atoms with Crippen LogP contribution in [-0.2, 0) is 0 Å². The van der Waals surface area contributed by atoms with E-state index in [-0.39, 0.29) is 11.7 Å². The molecular formula is C10H8ClN3O2. The lowest BCUT2D eigenvalue weighted by atomic mass is 10.3. The SMILES string of the molecule is Cc1cc(C(=O)Nc2ccnc(Cl)c2)on1. The van der Waals surface area contributed by atoms with Crippen LogP contribution in [0.15, 0.2) is 28.9 Å². The molecule has 0 aromatic carbocycles. The van der Waals surface area contributed by atoms with Crippen molar-refractivity contribution in [2.75, 3.05) is 5.32 Å². The molecule has 2 rings (SSSR count). The number of carbonyl (C=O) groups excluding carboxylic acids is 1. The van der Waals surface area contributed by atoms with Crippen LogP contribution in [0.2, 0.25) is 5.15 Å². The monoisotopic (exact) mass is 237 g/mol. The van der Waals surface area contributed by atoms with E-state index in [0.29, 0.717) is 16.5 Å². The predicted octanol–water partition coefficient (Wildman–Crippen LogP) is 2.28. The molecule has 0 fully saturated rings. The van der Waals surface area contributed by atoms with Gasteiger partial charge >= 0.3 is 0 Å². The lowest BCUT2D eigenvalue weighted by Crippen LogP contribution is -2.10. The minimum atomic E-state index is -0.372. The van der Waals surface area contributed by atoms with Crippen LogP contribution in [0.3, 0.4) is 0 Å². The first-order valence-corrected chi connectivity index (χ1v) is 4.89. The number of amides is 1. The Bertz CT molecular complexity index is 524. The van der Waals surface area contributed by atoms with E-state index in [0.717, 1.165) is 0 Å². The standard InChI is InChI=1S/C10H8ClN3O2/c1-6-4-8(16-14-6)10(15)13-7-2-3-12-9(11)5-7/h2-5H,1H3,(H,12,13,15). The highest BCUT2D eigenvalue weighted by atomic mass is 35.5. The molecule has 0 spiro atoms. The van der Waals surface area contributed by atoms with Crippen molar-refractivity contribution in [3.63, 3.8) is 0 Å². The molecule has 16 heavy (non-hydrogen) atoms. The normalized spacial score (nSPS) is 10.1. The Balaban J connectivity index is 2.13. The number of aryl methyl sites for hydroxylation is 1. The smallest absolute Gasteiger partial charge is 0.294 e. The molecule has 0 unspecified atom stereocenters. The van der Waals surface area contributed by atoms with Crippen molar-refractivity contribution in [1.29, 1.82) is 0 Å². The minimum absolute atomic E-state index is 0.158. The highest BCUT2D eigenvalue weighted by molar-refractivity contribution is 6.29. The first-order chi connectivity index (χ1) is 7.65. The fraction of sp³-hybridized carbons (Fsp3) is 0.100. The average Bonchev–Trinajstić information content (AvgIpc) is 2.65. The Kier molecular flexibility index (Phi) is 2.87. The molecule has 0 aliphatic rings. The van der Waals surface area contributed by atoms with Gasteiger partial charge in [-0.3, -0.25) is 4.79 Å². The molecule has 2 aromatic heterocycles. The summed E-state index contributed by atoms with van der Waals surface area (Å²) >= 11 is 5.68. The fourth-order valence-corrected chi connectivity index (χ4v) is 1.32. The number of carbonyl (C=O) groups is 1. The van der Waals surface area contributed by atoms with Gasteiger partial charge in [-0.05, 0) is 19.1 Å². The summed E-state index contributed by atoms with van der Waals surface area (Å²) in [6.45, 7) is 1.74. The zero-order valence-corrected chi connectivity index (χ0v) is 9.15. The summed E-state index contributed by atoms with van der Waals surface area (Å²) in [5, 5.41) is 6.55. The second-order valence-corrected chi connectivity index (χ2v) is 3.54. The third-order valence-corrected chi connectivity index (χ3v) is 2.04. The largest absolute Gasteiger partial charge is 0.351 e. The Hall–Kier alpha value is -1.88. The zero-order valence-electron chi connectivity index (χ0n) is 8.40. The molecule has 1 amide bonds. The van der Waals surface area contributed by atoms with Crippen LogP contribution >= 0.6 is 11.6 Å². The molecule has 0 saturated carbocycles. The highest BCUT2D eigenvalue weighted by Crippen LogP contribution is 2.13. The molecule has 0 atom stereocenters. The number of aromatic nitrogens is 2. The number of nitrogens with zero attached hydrogens (tertiary/aromatic N) is 2. The van der Waals surface area contributed by atoms with E-state index in [9.17, 15) is 4.79 Å². The maximum atomic E-state index is 11.6. The number of pyridine rings is 1. The van der Waals surface area contributed by atoms with Crippen LogP contribution in [0.4, 0.5) is 5.69 Å². The van der Waals surface area contributed by atoms with Crippen LogP contribution in [-0.4, -0.2) is 16.0 Å². The van der Waals surface area contributed by atoms with Crippen LogP contribution in [0.5, 0.6) is 0 Å². The van der Waals surface area contributed by atoms with Crippen molar-refractivity contribution in [3.8, 4) is 0 Å². The summed E-state index contributed by atoms with van der Waals surface area (Å²) in [4.78, 5) is 15.4. The van der Waals surface area contributed by atoms with Gasteiger partial charge in [0.25, 0.3) is 5.91 Å². The summed E-state index contributed by atoms with van der Waals surface area (Å²) in [6.07, 6.45) is 1.50. The van der Waals surface area contributed by atoms with E-state index in [2.05, 4.69) is 15.5 Å². The van der Waals surface area contributed by atoms with Crippen molar-refractivity contribution in [2.45, 2.75) is 6.92 Å². The quantitative estimate of drug-likeness (QED) is 0.814. The lowest BCUT2D eigenvalue weighted by molar-refractivity contribution is 0.0988. The van der Waals surface area contributed by atoms with E-state index in [1.165, 1.54) is 6.20 Å². The van der Waals surface area contributed by atoms with Gasteiger partial charge < -0.3 is 9.84 Å². The lowest BCUT2D eigenvalue weighted by Gasteiger charge is -2.01. The van der Waals surface area contributed by atoms with Gasteiger partial charge in [0.15, 0.2) is 0 Å². The van der Waals surface area contributed by atoms with Gasteiger partial charge in [0.05, 0.1) is 5.69 Å². The summed E-state index contributed by atoms with van der Waals surface area (Å²) in [7, 11) is 0. The maximum Gasteiger partial charge on any atom is 0.294 e. The van der Waals surface area contributed by atoms with E-state index < -0.39 is 0 Å². The first kappa shape index (κ1) is 10.6. The van der Waals surface area contributed by atoms with E-state index in [4.69, 9.17) is 16.1 Å². The van der Waals surface area contributed by atoms with Gasteiger partial charge in [0, 0.05) is 18.0 Å². The van der Waals surface area contributed by atoms with Gasteiger partial charge in [0.2, 0.25) is 5.76 Å². The van der Waals surface area contributed by atoms with Gasteiger partial charge in [-0.15, -0.1) is 0 Å². The van der Waals surface area contributed by atoms with Crippen molar-refractivity contribution >= 4 is 23.2 Å². The second kappa shape index (κ2) is 4.32.